The van der Waals surface area contributed by atoms with Crippen LogP contribution in [0.15, 0.2) is 46.9 Å². The first-order valence-electron chi connectivity index (χ1n) is 11.7. The predicted molar refractivity (Wildman–Crippen MR) is 135 cm³/mol. The number of hydrogen-bond acceptors (Lipinski definition) is 4. The summed E-state index contributed by atoms with van der Waals surface area (Å²) in [5.74, 6) is 1.53. The van der Waals surface area contributed by atoms with Gasteiger partial charge in [-0.05, 0) is 82.0 Å². The monoisotopic (exact) mass is 515 g/mol. The van der Waals surface area contributed by atoms with E-state index in [1.807, 2.05) is 30.3 Å². The molecule has 2 aliphatic rings. The second kappa shape index (κ2) is 9.94. The van der Waals surface area contributed by atoms with E-state index < -0.39 is 0 Å². The molecule has 33 heavy (non-hydrogen) atoms. The van der Waals surface area contributed by atoms with Crippen LogP contribution < -0.4 is 20.1 Å². The summed E-state index contributed by atoms with van der Waals surface area (Å²) in [6.45, 7) is 5.59. The second-order valence-corrected chi connectivity index (χ2v) is 10.3. The average molecular weight is 516 g/mol. The van der Waals surface area contributed by atoms with E-state index in [9.17, 15) is 4.79 Å². The SMILES string of the molecule is COc1ccc([C@@]23CC[C@H](NC(=O)Nc4cccc(Br)c4)C[C@H]2N(C(C)C)CC3)cc1OC. The lowest BCUT2D eigenvalue weighted by molar-refractivity contribution is 0.113. The van der Waals surface area contributed by atoms with Crippen molar-refractivity contribution in [2.24, 2.45) is 0 Å². The number of urea groups is 1. The van der Waals surface area contributed by atoms with Gasteiger partial charge in [0.05, 0.1) is 14.2 Å². The van der Waals surface area contributed by atoms with E-state index in [0.717, 1.165) is 53.9 Å². The maximum absolute atomic E-state index is 12.7. The number of fused-ring (bicyclic) bond motifs is 1. The van der Waals surface area contributed by atoms with E-state index in [1.165, 1.54) is 5.56 Å². The van der Waals surface area contributed by atoms with E-state index in [1.54, 1.807) is 14.2 Å². The van der Waals surface area contributed by atoms with Crippen molar-refractivity contribution in [1.82, 2.24) is 10.2 Å². The van der Waals surface area contributed by atoms with Crippen LogP contribution in [0.25, 0.3) is 0 Å². The van der Waals surface area contributed by atoms with Gasteiger partial charge in [-0.25, -0.2) is 4.79 Å². The van der Waals surface area contributed by atoms with Crippen LogP contribution in [-0.4, -0.2) is 49.8 Å². The van der Waals surface area contributed by atoms with Crippen LogP contribution in [0.2, 0.25) is 0 Å². The maximum atomic E-state index is 12.7. The van der Waals surface area contributed by atoms with Crippen molar-refractivity contribution in [2.75, 3.05) is 26.1 Å². The molecule has 2 aromatic carbocycles. The number of carbonyl (C=O) groups is 1. The van der Waals surface area contributed by atoms with Gasteiger partial charge in [0.15, 0.2) is 11.5 Å². The smallest absolute Gasteiger partial charge is 0.319 e. The van der Waals surface area contributed by atoms with Gasteiger partial charge in [0.1, 0.15) is 0 Å². The second-order valence-electron chi connectivity index (χ2n) is 9.40. The highest BCUT2D eigenvalue weighted by Gasteiger charge is 2.52. The van der Waals surface area contributed by atoms with Crippen LogP contribution in [0.3, 0.4) is 0 Å². The molecule has 2 fully saturated rings. The summed E-state index contributed by atoms with van der Waals surface area (Å²) in [6.07, 6.45) is 4.02. The molecule has 0 bridgehead atoms. The molecule has 2 amide bonds. The number of likely N-dealkylation sites (tertiary alicyclic amines) is 1. The number of ether oxygens (including phenoxy) is 2. The molecule has 1 aliphatic carbocycles. The van der Waals surface area contributed by atoms with Gasteiger partial charge >= 0.3 is 6.03 Å². The van der Waals surface area contributed by atoms with Gasteiger partial charge in [0.2, 0.25) is 0 Å². The molecule has 178 valence electrons. The van der Waals surface area contributed by atoms with Crippen molar-refractivity contribution in [3.05, 3.63) is 52.5 Å². The molecule has 0 radical (unpaired) electrons. The number of anilines is 1. The number of carbonyl (C=O) groups excluding carboxylic acids is 1. The molecule has 1 saturated carbocycles. The number of halogens is 1. The Balaban J connectivity index is 1.53. The summed E-state index contributed by atoms with van der Waals surface area (Å²) in [6, 6.07) is 14.8. The Bertz CT molecular complexity index is 998. The molecule has 1 saturated heterocycles. The molecular weight excluding hydrogens is 482 g/mol. The van der Waals surface area contributed by atoms with Crippen LogP contribution in [0.4, 0.5) is 10.5 Å². The summed E-state index contributed by atoms with van der Waals surface area (Å²) in [5, 5.41) is 6.20. The summed E-state index contributed by atoms with van der Waals surface area (Å²) < 4.78 is 12.0. The first kappa shape index (κ1) is 23.9. The van der Waals surface area contributed by atoms with Gasteiger partial charge < -0.3 is 20.1 Å². The molecule has 2 N–H and O–H groups in total. The zero-order chi connectivity index (χ0) is 23.6. The molecule has 1 aliphatic heterocycles. The molecular formula is C26H34BrN3O3. The minimum Gasteiger partial charge on any atom is -0.493 e. The van der Waals surface area contributed by atoms with Gasteiger partial charge in [-0.2, -0.15) is 0 Å². The minimum atomic E-state index is -0.147. The molecule has 0 unspecified atom stereocenters. The fraction of sp³-hybridized carbons (Fsp3) is 0.500. The number of hydrogen-bond donors (Lipinski definition) is 2. The summed E-state index contributed by atoms with van der Waals surface area (Å²) in [5.41, 5.74) is 2.15. The first-order valence-corrected chi connectivity index (χ1v) is 12.5. The van der Waals surface area contributed by atoms with Crippen molar-refractivity contribution >= 4 is 27.6 Å². The number of benzene rings is 2. The average Bonchev–Trinajstić information content (AvgIpc) is 3.18. The fourth-order valence-corrected chi connectivity index (χ4v) is 6.13. The quantitative estimate of drug-likeness (QED) is 0.528. The Kier molecular flexibility index (Phi) is 7.19. The minimum absolute atomic E-state index is 0.0583. The highest BCUT2D eigenvalue weighted by Crippen LogP contribution is 2.50. The highest BCUT2D eigenvalue weighted by atomic mass is 79.9. The summed E-state index contributed by atoms with van der Waals surface area (Å²) >= 11 is 3.45. The number of amides is 2. The lowest BCUT2D eigenvalue weighted by Gasteiger charge is -2.46. The van der Waals surface area contributed by atoms with E-state index >= 15 is 0 Å². The van der Waals surface area contributed by atoms with Gasteiger partial charge in [0, 0.05) is 33.7 Å². The highest BCUT2D eigenvalue weighted by molar-refractivity contribution is 9.10. The fourth-order valence-electron chi connectivity index (χ4n) is 5.74. The number of nitrogens with one attached hydrogen (secondary N) is 2. The van der Waals surface area contributed by atoms with E-state index in [4.69, 9.17) is 9.47 Å². The molecule has 0 spiro atoms. The third kappa shape index (κ3) is 4.85. The largest absolute Gasteiger partial charge is 0.493 e. The van der Waals surface area contributed by atoms with Crippen LogP contribution in [0.1, 0.15) is 45.1 Å². The van der Waals surface area contributed by atoms with E-state index in [0.29, 0.717) is 12.1 Å². The molecule has 3 atom stereocenters. The van der Waals surface area contributed by atoms with Crippen LogP contribution in [0.5, 0.6) is 11.5 Å². The normalized spacial score (nSPS) is 24.9. The Morgan fingerprint density at radius 2 is 1.91 bits per heavy atom. The zero-order valence-electron chi connectivity index (χ0n) is 19.9. The zero-order valence-corrected chi connectivity index (χ0v) is 21.4. The standard InChI is InChI=1S/C26H34BrN3O3/c1-17(2)30-13-12-26(18-8-9-22(32-3)23(14-18)33-4)11-10-21(16-24(26)30)29-25(31)28-20-7-5-6-19(27)15-20/h5-9,14-15,17,21,24H,10-13,16H2,1-4H3,(H2,28,29,31)/t21-,24+,26-/m0/s1. The molecule has 7 heteroatoms. The molecule has 6 nitrogen and oxygen atoms in total. The Hall–Kier alpha value is -2.25. The number of rotatable bonds is 6. The number of nitrogens with zero attached hydrogens (tertiary/aromatic N) is 1. The summed E-state index contributed by atoms with van der Waals surface area (Å²) in [4.78, 5) is 15.3. The van der Waals surface area contributed by atoms with Crippen molar-refractivity contribution in [2.45, 2.75) is 63.1 Å². The molecule has 1 heterocycles. The van der Waals surface area contributed by atoms with E-state index in [-0.39, 0.29) is 17.5 Å². The van der Waals surface area contributed by atoms with Crippen LogP contribution in [0, 0.1) is 0 Å². The van der Waals surface area contributed by atoms with Crippen molar-refractivity contribution < 1.29 is 14.3 Å². The van der Waals surface area contributed by atoms with Crippen molar-refractivity contribution in [3.63, 3.8) is 0 Å². The molecule has 0 aromatic heterocycles. The van der Waals surface area contributed by atoms with Crippen LogP contribution >= 0.6 is 15.9 Å². The van der Waals surface area contributed by atoms with Crippen molar-refractivity contribution in [3.8, 4) is 11.5 Å². The van der Waals surface area contributed by atoms with E-state index in [2.05, 4.69) is 57.4 Å². The first-order chi connectivity index (χ1) is 15.9. The summed E-state index contributed by atoms with van der Waals surface area (Å²) in [7, 11) is 3.36. The molecule has 4 rings (SSSR count). The lowest BCUT2D eigenvalue weighted by atomic mass is 9.65. The lowest BCUT2D eigenvalue weighted by Crippen LogP contribution is -2.54. The predicted octanol–water partition coefficient (Wildman–Crippen LogP) is 5.56. The Labute approximate surface area is 205 Å². The number of methoxy groups -OCH3 is 2. The maximum Gasteiger partial charge on any atom is 0.319 e. The third-order valence-electron chi connectivity index (χ3n) is 7.34. The molecule has 2 aromatic rings. The van der Waals surface area contributed by atoms with Gasteiger partial charge in [-0.3, -0.25) is 4.90 Å². The van der Waals surface area contributed by atoms with Gasteiger partial charge in [0.25, 0.3) is 0 Å². The Morgan fingerprint density at radius 1 is 1.12 bits per heavy atom. The van der Waals surface area contributed by atoms with Gasteiger partial charge in [-0.1, -0.05) is 28.1 Å². The van der Waals surface area contributed by atoms with Gasteiger partial charge in [-0.15, -0.1) is 0 Å². The third-order valence-corrected chi connectivity index (χ3v) is 7.83. The topological polar surface area (TPSA) is 62.8 Å². The van der Waals surface area contributed by atoms with Crippen molar-refractivity contribution in [1.29, 1.82) is 0 Å². The van der Waals surface area contributed by atoms with Crippen LogP contribution in [-0.2, 0) is 5.41 Å². The Morgan fingerprint density at radius 3 is 2.61 bits per heavy atom.